The van der Waals surface area contributed by atoms with Crippen LogP contribution in [0.2, 0.25) is 0 Å². The standard InChI is InChI=1S/C28H40N2O5/c31-27(32)28(13-3-1-2-4-14-28)15-18-30-16-11-22(12-17-30)20-34-26-25-23(33-19-21-7-5-8-21)9-6-10-24(25)35-29-26/h6,9-10,21-22H,1-5,7-8,11-20H2,(H,31,32). The normalized spacial score (nSPS) is 21.9. The van der Waals surface area contributed by atoms with Crippen molar-refractivity contribution in [3.63, 3.8) is 0 Å². The Balaban J connectivity index is 1.10. The molecular weight excluding hydrogens is 444 g/mol. The minimum atomic E-state index is -0.585. The van der Waals surface area contributed by atoms with E-state index in [2.05, 4.69) is 10.1 Å². The average molecular weight is 485 g/mol. The summed E-state index contributed by atoms with van der Waals surface area (Å²) in [5, 5.41) is 15.0. The molecule has 1 saturated heterocycles. The van der Waals surface area contributed by atoms with Crippen LogP contribution in [-0.4, -0.2) is 54.0 Å². The third-order valence-electron chi connectivity index (χ3n) is 8.71. The molecule has 0 atom stereocenters. The first-order chi connectivity index (χ1) is 17.1. The lowest BCUT2D eigenvalue weighted by Crippen LogP contribution is -2.40. The Morgan fingerprint density at radius 2 is 1.71 bits per heavy atom. The molecule has 1 aromatic heterocycles. The van der Waals surface area contributed by atoms with Crippen LogP contribution in [0.25, 0.3) is 11.0 Å². The molecule has 5 rings (SSSR count). The Morgan fingerprint density at radius 1 is 1.00 bits per heavy atom. The number of aromatic nitrogens is 1. The number of hydrogen-bond acceptors (Lipinski definition) is 6. The monoisotopic (exact) mass is 484 g/mol. The van der Waals surface area contributed by atoms with Gasteiger partial charge in [-0.25, -0.2) is 0 Å². The smallest absolute Gasteiger partial charge is 0.309 e. The third kappa shape index (κ3) is 5.76. The Bertz CT molecular complexity index is 969. The van der Waals surface area contributed by atoms with E-state index >= 15 is 0 Å². The first-order valence-corrected chi connectivity index (χ1v) is 13.7. The zero-order valence-electron chi connectivity index (χ0n) is 20.9. The molecule has 1 aliphatic heterocycles. The van der Waals surface area contributed by atoms with Crippen molar-refractivity contribution in [3.8, 4) is 11.6 Å². The number of benzene rings is 1. The molecule has 2 aliphatic carbocycles. The highest BCUT2D eigenvalue weighted by Gasteiger charge is 2.38. The molecule has 0 unspecified atom stereocenters. The van der Waals surface area contributed by atoms with E-state index in [0.717, 1.165) is 82.3 Å². The van der Waals surface area contributed by atoms with E-state index in [1.54, 1.807) is 0 Å². The van der Waals surface area contributed by atoms with Crippen LogP contribution < -0.4 is 9.47 Å². The van der Waals surface area contributed by atoms with Crippen LogP contribution in [0.5, 0.6) is 11.6 Å². The van der Waals surface area contributed by atoms with E-state index in [1.807, 2.05) is 18.2 Å². The summed E-state index contributed by atoms with van der Waals surface area (Å²) in [6, 6.07) is 5.82. The number of fused-ring (bicyclic) bond motifs is 1. The van der Waals surface area contributed by atoms with Crippen molar-refractivity contribution >= 4 is 16.9 Å². The number of hydrogen-bond donors (Lipinski definition) is 1. The summed E-state index contributed by atoms with van der Waals surface area (Å²) in [5.41, 5.74) is 0.190. The molecule has 35 heavy (non-hydrogen) atoms. The van der Waals surface area contributed by atoms with Gasteiger partial charge in [-0.3, -0.25) is 4.79 Å². The lowest BCUT2D eigenvalue weighted by atomic mass is 9.77. The molecule has 1 N–H and O–H groups in total. The number of carboxylic acids is 1. The van der Waals surface area contributed by atoms with E-state index in [4.69, 9.17) is 14.0 Å². The summed E-state index contributed by atoms with van der Waals surface area (Å²) >= 11 is 0. The van der Waals surface area contributed by atoms with Crippen LogP contribution in [0, 0.1) is 17.3 Å². The van der Waals surface area contributed by atoms with Gasteiger partial charge in [0.25, 0.3) is 5.88 Å². The van der Waals surface area contributed by atoms with Crippen molar-refractivity contribution < 1.29 is 23.9 Å². The molecule has 7 nitrogen and oxygen atoms in total. The fourth-order valence-corrected chi connectivity index (χ4v) is 5.94. The van der Waals surface area contributed by atoms with Gasteiger partial charge in [0.15, 0.2) is 5.58 Å². The molecule has 1 aromatic carbocycles. The maximum Gasteiger partial charge on any atom is 0.309 e. The van der Waals surface area contributed by atoms with Crippen LogP contribution in [-0.2, 0) is 4.79 Å². The van der Waals surface area contributed by atoms with E-state index < -0.39 is 11.4 Å². The van der Waals surface area contributed by atoms with Crippen molar-refractivity contribution in [2.24, 2.45) is 17.3 Å². The number of aliphatic carboxylic acids is 1. The van der Waals surface area contributed by atoms with Gasteiger partial charge < -0.3 is 24.0 Å². The zero-order valence-corrected chi connectivity index (χ0v) is 20.9. The fraction of sp³-hybridized carbons (Fsp3) is 0.714. The SMILES string of the molecule is O=C(O)C1(CCN2CCC(COc3noc4cccc(OCC5CCC5)c34)CC2)CCCCCC1. The summed E-state index contributed by atoms with van der Waals surface area (Å²) in [4.78, 5) is 14.6. The number of ether oxygens (including phenoxy) is 2. The fourth-order valence-electron chi connectivity index (χ4n) is 5.94. The summed E-state index contributed by atoms with van der Waals surface area (Å²) < 4.78 is 17.8. The predicted octanol–water partition coefficient (Wildman–Crippen LogP) is 5.91. The Morgan fingerprint density at radius 3 is 2.40 bits per heavy atom. The number of nitrogens with zero attached hydrogens (tertiary/aromatic N) is 2. The Hall–Kier alpha value is -2.28. The highest BCUT2D eigenvalue weighted by molar-refractivity contribution is 5.88. The Labute approximate surface area is 208 Å². The lowest BCUT2D eigenvalue weighted by Gasteiger charge is -2.35. The second-order valence-electron chi connectivity index (χ2n) is 11.1. The molecule has 2 saturated carbocycles. The number of likely N-dealkylation sites (tertiary alicyclic amines) is 1. The van der Waals surface area contributed by atoms with Gasteiger partial charge in [-0.1, -0.05) is 38.2 Å². The second kappa shape index (κ2) is 11.2. The number of piperidine rings is 1. The van der Waals surface area contributed by atoms with Gasteiger partial charge in [0.1, 0.15) is 11.1 Å². The third-order valence-corrected chi connectivity index (χ3v) is 8.71. The van der Waals surface area contributed by atoms with Crippen molar-refractivity contribution in [1.82, 2.24) is 10.1 Å². The van der Waals surface area contributed by atoms with E-state index in [9.17, 15) is 9.90 Å². The topological polar surface area (TPSA) is 85.0 Å². The molecule has 0 radical (unpaired) electrons. The van der Waals surface area contributed by atoms with Crippen molar-refractivity contribution in [2.75, 3.05) is 32.8 Å². The predicted molar refractivity (Wildman–Crippen MR) is 134 cm³/mol. The molecular formula is C28H40N2O5. The molecule has 0 bridgehead atoms. The summed E-state index contributed by atoms with van der Waals surface area (Å²) in [5.74, 6) is 1.87. The first kappa shape index (κ1) is 24.4. The van der Waals surface area contributed by atoms with Gasteiger partial charge in [0.2, 0.25) is 0 Å². The summed E-state index contributed by atoms with van der Waals surface area (Å²) in [6.45, 7) is 4.24. The summed E-state index contributed by atoms with van der Waals surface area (Å²) in [6.07, 6.45) is 12.8. The highest BCUT2D eigenvalue weighted by Crippen LogP contribution is 2.39. The number of carbonyl (C=O) groups is 1. The Kier molecular flexibility index (Phi) is 7.81. The minimum Gasteiger partial charge on any atom is -0.492 e. The van der Waals surface area contributed by atoms with Crippen molar-refractivity contribution in [3.05, 3.63) is 18.2 Å². The molecule has 3 aliphatic rings. The maximum atomic E-state index is 12.1. The van der Waals surface area contributed by atoms with E-state index in [1.165, 1.54) is 32.1 Å². The first-order valence-electron chi connectivity index (χ1n) is 13.7. The van der Waals surface area contributed by atoms with Crippen LogP contribution in [0.4, 0.5) is 0 Å². The summed E-state index contributed by atoms with van der Waals surface area (Å²) in [7, 11) is 0. The van der Waals surface area contributed by atoms with Gasteiger partial charge in [0.05, 0.1) is 18.6 Å². The maximum absolute atomic E-state index is 12.1. The van der Waals surface area contributed by atoms with Crippen molar-refractivity contribution in [1.29, 1.82) is 0 Å². The van der Waals surface area contributed by atoms with Gasteiger partial charge in [-0.05, 0) is 93.7 Å². The highest BCUT2D eigenvalue weighted by atomic mass is 16.5. The van der Waals surface area contributed by atoms with Gasteiger partial charge >= 0.3 is 5.97 Å². The van der Waals surface area contributed by atoms with E-state index in [0.29, 0.717) is 29.9 Å². The van der Waals surface area contributed by atoms with Crippen molar-refractivity contribution in [2.45, 2.75) is 77.0 Å². The number of carboxylic acid groups (broad SMARTS) is 1. The molecule has 2 heterocycles. The lowest BCUT2D eigenvalue weighted by molar-refractivity contribution is -0.150. The molecule has 0 amide bonds. The van der Waals surface area contributed by atoms with E-state index in [-0.39, 0.29) is 0 Å². The molecule has 192 valence electrons. The van der Waals surface area contributed by atoms with Crippen LogP contribution >= 0.6 is 0 Å². The van der Waals surface area contributed by atoms with Crippen LogP contribution in [0.1, 0.15) is 77.0 Å². The van der Waals surface area contributed by atoms with Crippen LogP contribution in [0.3, 0.4) is 0 Å². The van der Waals surface area contributed by atoms with Crippen LogP contribution in [0.15, 0.2) is 22.7 Å². The largest absolute Gasteiger partial charge is 0.492 e. The minimum absolute atomic E-state index is 0.465. The molecule has 2 aromatic rings. The molecule has 0 spiro atoms. The molecule has 3 fully saturated rings. The van der Waals surface area contributed by atoms with Gasteiger partial charge in [-0.15, -0.1) is 0 Å². The molecule has 7 heteroatoms. The zero-order chi connectivity index (χ0) is 24.1. The van der Waals surface area contributed by atoms with Gasteiger partial charge in [-0.2, -0.15) is 0 Å². The van der Waals surface area contributed by atoms with Gasteiger partial charge in [0, 0.05) is 0 Å². The number of rotatable bonds is 10. The average Bonchev–Trinajstić information content (AvgIpc) is 3.10. The second-order valence-corrected chi connectivity index (χ2v) is 11.1. The quantitative estimate of drug-likeness (QED) is 0.419.